The maximum absolute atomic E-state index is 11.8. The standard InChI is InChI=1S/C11H19N3O6/c1-5(15)7(9(17)18)14-8(16)6-2-3-11(20,4-12)10(19)13-6/h5-7,15,20H,2-4,12H2,1H3,(H,13,19)(H,14,16)(H,17,18)/t5-,6+,7+,11+/m0/s1. The maximum atomic E-state index is 11.8. The Balaban J connectivity index is 2.67. The predicted octanol–water partition coefficient (Wildman–Crippen LogP) is -3.09. The first-order valence-electron chi connectivity index (χ1n) is 6.16. The fourth-order valence-electron chi connectivity index (χ4n) is 1.90. The van der Waals surface area contributed by atoms with Crippen LogP contribution in [-0.4, -0.2) is 63.4 Å². The molecule has 0 radical (unpaired) electrons. The molecule has 1 fully saturated rings. The highest BCUT2D eigenvalue weighted by molar-refractivity contribution is 5.94. The van der Waals surface area contributed by atoms with Crippen molar-refractivity contribution in [2.45, 2.75) is 43.6 Å². The summed E-state index contributed by atoms with van der Waals surface area (Å²) in [7, 11) is 0. The Morgan fingerprint density at radius 2 is 2.20 bits per heavy atom. The third kappa shape index (κ3) is 3.44. The Morgan fingerprint density at radius 3 is 2.60 bits per heavy atom. The maximum Gasteiger partial charge on any atom is 0.328 e. The molecular weight excluding hydrogens is 270 g/mol. The number of carbonyl (C=O) groups is 3. The molecule has 0 aliphatic carbocycles. The molecular formula is C11H19N3O6. The van der Waals surface area contributed by atoms with E-state index in [4.69, 9.17) is 10.8 Å². The Kier molecular flexibility index (Phi) is 5.03. The number of carboxylic acid groups (broad SMARTS) is 1. The first-order chi connectivity index (χ1) is 9.21. The number of piperidine rings is 1. The number of carbonyl (C=O) groups excluding carboxylic acids is 2. The molecule has 1 heterocycles. The van der Waals surface area contributed by atoms with Crippen LogP contribution in [0.15, 0.2) is 0 Å². The van der Waals surface area contributed by atoms with E-state index in [-0.39, 0.29) is 19.4 Å². The van der Waals surface area contributed by atoms with Gasteiger partial charge in [0.15, 0.2) is 11.6 Å². The molecule has 1 aliphatic heterocycles. The zero-order valence-corrected chi connectivity index (χ0v) is 11.0. The van der Waals surface area contributed by atoms with Crippen LogP contribution in [0.2, 0.25) is 0 Å². The molecule has 0 spiro atoms. The number of hydrogen-bond donors (Lipinski definition) is 6. The van der Waals surface area contributed by atoms with E-state index in [2.05, 4.69) is 10.6 Å². The van der Waals surface area contributed by atoms with Crippen LogP contribution in [0.3, 0.4) is 0 Å². The summed E-state index contributed by atoms with van der Waals surface area (Å²) in [4.78, 5) is 34.3. The smallest absolute Gasteiger partial charge is 0.328 e. The van der Waals surface area contributed by atoms with E-state index in [1.165, 1.54) is 6.92 Å². The van der Waals surface area contributed by atoms with Crippen molar-refractivity contribution >= 4 is 17.8 Å². The van der Waals surface area contributed by atoms with Gasteiger partial charge in [0.05, 0.1) is 6.10 Å². The number of aliphatic carboxylic acids is 1. The van der Waals surface area contributed by atoms with E-state index >= 15 is 0 Å². The average Bonchev–Trinajstić information content (AvgIpc) is 2.38. The van der Waals surface area contributed by atoms with Gasteiger partial charge in [-0.15, -0.1) is 0 Å². The van der Waals surface area contributed by atoms with Crippen molar-refractivity contribution in [1.29, 1.82) is 0 Å². The molecule has 0 saturated carbocycles. The van der Waals surface area contributed by atoms with Gasteiger partial charge in [0.25, 0.3) is 5.91 Å². The van der Waals surface area contributed by atoms with Crippen LogP contribution in [0.25, 0.3) is 0 Å². The summed E-state index contributed by atoms with van der Waals surface area (Å²) < 4.78 is 0. The Hall–Kier alpha value is -1.71. The summed E-state index contributed by atoms with van der Waals surface area (Å²) in [6, 6.07) is -2.43. The van der Waals surface area contributed by atoms with Gasteiger partial charge in [0.2, 0.25) is 5.91 Å². The second-order valence-corrected chi connectivity index (χ2v) is 4.87. The topological polar surface area (TPSA) is 162 Å². The highest BCUT2D eigenvalue weighted by atomic mass is 16.4. The number of hydrogen-bond acceptors (Lipinski definition) is 6. The number of nitrogens with one attached hydrogen (secondary N) is 2. The molecule has 7 N–H and O–H groups in total. The van der Waals surface area contributed by atoms with Crippen molar-refractivity contribution in [3.8, 4) is 0 Å². The number of amides is 2. The van der Waals surface area contributed by atoms with Gasteiger partial charge < -0.3 is 31.7 Å². The van der Waals surface area contributed by atoms with Gasteiger partial charge in [-0.25, -0.2) is 4.79 Å². The molecule has 0 aromatic carbocycles. The highest BCUT2D eigenvalue weighted by Gasteiger charge is 2.42. The summed E-state index contributed by atoms with van der Waals surface area (Å²) in [5, 5.41) is 32.3. The lowest BCUT2D eigenvalue weighted by Crippen LogP contribution is -2.63. The molecule has 2 amide bonds. The second-order valence-electron chi connectivity index (χ2n) is 4.87. The zero-order valence-electron chi connectivity index (χ0n) is 11.0. The number of carboxylic acids is 1. The lowest BCUT2D eigenvalue weighted by molar-refractivity contribution is -0.149. The van der Waals surface area contributed by atoms with Crippen LogP contribution in [0.5, 0.6) is 0 Å². The zero-order chi connectivity index (χ0) is 15.5. The normalized spacial score (nSPS) is 29.2. The molecule has 1 rings (SSSR count). The summed E-state index contributed by atoms with van der Waals surface area (Å²) in [5.41, 5.74) is 3.59. The first kappa shape index (κ1) is 16.3. The molecule has 114 valence electrons. The Labute approximate surface area is 115 Å². The van der Waals surface area contributed by atoms with Gasteiger partial charge in [-0.3, -0.25) is 9.59 Å². The minimum atomic E-state index is -1.70. The lowest BCUT2D eigenvalue weighted by atomic mass is 9.89. The van der Waals surface area contributed by atoms with Crippen molar-refractivity contribution in [3.05, 3.63) is 0 Å². The minimum absolute atomic E-state index is 0.000162. The number of nitrogens with two attached hydrogens (primary N) is 1. The molecule has 9 heteroatoms. The van der Waals surface area contributed by atoms with E-state index in [0.29, 0.717) is 0 Å². The van der Waals surface area contributed by atoms with E-state index in [1.807, 2.05) is 0 Å². The molecule has 20 heavy (non-hydrogen) atoms. The molecule has 1 saturated heterocycles. The Morgan fingerprint density at radius 1 is 1.60 bits per heavy atom. The monoisotopic (exact) mass is 289 g/mol. The van der Waals surface area contributed by atoms with Gasteiger partial charge in [-0.05, 0) is 19.8 Å². The van der Waals surface area contributed by atoms with E-state index < -0.39 is 41.6 Å². The molecule has 0 unspecified atom stereocenters. The van der Waals surface area contributed by atoms with E-state index in [1.54, 1.807) is 0 Å². The van der Waals surface area contributed by atoms with Crippen molar-refractivity contribution in [1.82, 2.24) is 10.6 Å². The molecule has 0 bridgehead atoms. The van der Waals surface area contributed by atoms with Gasteiger partial charge >= 0.3 is 5.97 Å². The summed E-state index contributed by atoms with van der Waals surface area (Å²) in [6.45, 7) is 0.963. The van der Waals surface area contributed by atoms with Crippen LogP contribution < -0.4 is 16.4 Å². The third-order valence-electron chi connectivity index (χ3n) is 3.27. The summed E-state index contributed by atoms with van der Waals surface area (Å²) in [6.07, 6.45) is -1.16. The SMILES string of the molecule is C[C@H](O)[C@@H](NC(=O)[C@H]1CC[C@@](O)(CN)C(=O)N1)C(=O)O. The highest BCUT2D eigenvalue weighted by Crippen LogP contribution is 2.19. The molecule has 0 aromatic heterocycles. The molecule has 0 aromatic rings. The fraction of sp³-hybridized carbons (Fsp3) is 0.727. The second kappa shape index (κ2) is 6.16. The van der Waals surface area contributed by atoms with Gasteiger partial charge in [-0.1, -0.05) is 0 Å². The molecule has 9 nitrogen and oxygen atoms in total. The largest absolute Gasteiger partial charge is 0.480 e. The van der Waals surface area contributed by atoms with Gasteiger partial charge in [-0.2, -0.15) is 0 Å². The van der Waals surface area contributed by atoms with Crippen LogP contribution in [0.4, 0.5) is 0 Å². The van der Waals surface area contributed by atoms with Crippen molar-refractivity contribution in [2.75, 3.05) is 6.54 Å². The van der Waals surface area contributed by atoms with Crippen molar-refractivity contribution in [2.24, 2.45) is 5.73 Å². The van der Waals surface area contributed by atoms with Crippen LogP contribution >= 0.6 is 0 Å². The predicted molar refractivity (Wildman–Crippen MR) is 66.4 cm³/mol. The van der Waals surface area contributed by atoms with Crippen molar-refractivity contribution in [3.63, 3.8) is 0 Å². The molecule has 4 atom stereocenters. The van der Waals surface area contributed by atoms with Crippen LogP contribution in [0, 0.1) is 0 Å². The lowest BCUT2D eigenvalue weighted by Gasteiger charge is -2.34. The number of aliphatic hydroxyl groups is 2. The van der Waals surface area contributed by atoms with Crippen molar-refractivity contribution < 1.29 is 29.7 Å². The summed E-state index contributed by atoms with van der Waals surface area (Å²) >= 11 is 0. The first-order valence-corrected chi connectivity index (χ1v) is 6.16. The van der Waals surface area contributed by atoms with Gasteiger partial charge in [0, 0.05) is 6.54 Å². The fourth-order valence-corrected chi connectivity index (χ4v) is 1.90. The van der Waals surface area contributed by atoms with E-state index in [0.717, 1.165) is 0 Å². The van der Waals surface area contributed by atoms with Crippen LogP contribution in [0.1, 0.15) is 19.8 Å². The van der Waals surface area contributed by atoms with Gasteiger partial charge in [0.1, 0.15) is 6.04 Å². The van der Waals surface area contributed by atoms with E-state index in [9.17, 15) is 24.6 Å². The Bertz CT molecular complexity index is 413. The third-order valence-corrected chi connectivity index (χ3v) is 3.27. The number of rotatable bonds is 5. The minimum Gasteiger partial charge on any atom is -0.480 e. The molecule has 1 aliphatic rings. The quantitative estimate of drug-likeness (QED) is 0.312. The van der Waals surface area contributed by atoms with Crippen LogP contribution in [-0.2, 0) is 14.4 Å². The average molecular weight is 289 g/mol. The number of aliphatic hydroxyl groups excluding tert-OH is 1. The summed E-state index contributed by atoms with van der Waals surface area (Å²) in [5.74, 6) is -2.88.